The zero-order chi connectivity index (χ0) is 16.5. The van der Waals surface area contributed by atoms with Gasteiger partial charge >= 0.3 is 0 Å². The van der Waals surface area contributed by atoms with Crippen LogP contribution in [-0.2, 0) is 4.79 Å². The van der Waals surface area contributed by atoms with Crippen molar-refractivity contribution in [3.63, 3.8) is 0 Å². The summed E-state index contributed by atoms with van der Waals surface area (Å²) in [6.07, 6.45) is 0. The van der Waals surface area contributed by atoms with Crippen molar-refractivity contribution in [3.8, 4) is 0 Å². The molecule has 0 fully saturated rings. The highest BCUT2D eigenvalue weighted by molar-refractivity contribution is 6.56. The lowest BCUT2D eigenvalue weighted by molar-refractivity contribution is -0.111. The average Bonchev–Trinajstić information content (AvgIpc) is 2.88. The molecule has 24 heavy (non-hydrogen) atoms. The molecule has 1 aliphatic heterocycles. The summed E-state index contributed by atoms with van der Waals surface area (Å²) in [6, 6.07) is 25.3. The van der Waals surface area contributed by atoms with E-state index in [0.717, 1.165) is 28.2 Å². The van der Waals surface area contributed by atoms with Crippen LogP contribution in [0.15, 0.2) is 83.9 Å². The molecule has 0 saturated heterocycles. The summed E-state index contributed by atoms with van der Waals surface area (Å²) in [7, 11) is 0. The van der Waals surface area contributed by atoms with E-state index in [1.165, 1.54) is 0 Å². The maximum absolute atomic E-state index is 13.0. The Morgan fingerprint density at radius 2 is 1.58 bits per heavy atom. The number of hydrogen-bond acceptors (Lipinski definition) is 2. The lowest BCUT2D eigenvalue weighted by atomic mass is 10.1. The van der Waals surface area contributed by atoms with Gasteiger partial charge in [0, 0.05) is 11.3 Å². The van der Waals surface area contributed by atoms with Crippen LogP contribution >= 0.6 is 0 Å². The molecule has 0 aliphatic carbocycles. The third-order valence-corrected chi connectivity index (χ3v) is 4.06. The number of hydrogen-bond donors (Lipinski definition) is 0. The van der Waals surface area contributed by atoms with Gasteiger partial charge in [-0.1, -0.05) is 48.5 Å². The van der Waals surface area contributed by atoms with Gasteiger partial charge in [-0.3, -0.25) is 9.69 Å². The summed E-state index contributed by atoms with van der Waals surface area (Å²) < 4.78 is 0. The van der Waals surface area contributed by atoms with E-state index in [0.29, 0.717) is 5.71 Å². The molecule has 0 bridgehead atoms. The van der Waals surface area contributed by atoms with Crippen molar-refractivity contribution in [3.05, 3.63) is 90.0 Å². The number of fused-ring (bicyclic) bond motifs is 1. The molecule has 0 atom stereocenters. The van der Waals surface area contributed by atoms with Gasteiger partial charge in [0.05, 0.1) is 11.4 Å². The van der Waals surface area contributed by atoms with Crippen LogP contribution in [0.1, 0.15) is 11.1 Å². The third kappa shape index (κ3) is 2.40. The van der Waals surface area contributed by atoms with Crippen molar-refractivity contribution in [1.82, 2.24) is 0 Å². The van der Waals surface area contributed by atoms with Gasteiger partial charge in [0.15, 0.2) is 0 Å². The number of nitrogens with zero attached hydrogens (tertiary/aromatic N) is 2. The van der Waals surface area contributed by atoms with Crippen molar-refractivity contribution < 1.29 is 4.79 Å². The Morgan fingerprint density at radius 1 is 0.833 bits per heavy atom. The Labute approximate surface area is 140 Å². The SMILES string of the molecule is Cc1cccc(N=C2C(=O)N(c3ccccc3)c3ccccc32)c1. The van der Waals surface area contributed by atoms with Crippen LogP contribution < -0.4 is 4.90 Å². The summed E-state index contributed by atoms with van der Waals surface area (Å²) in [5, 5.41) is 0. The first-order chi connectivity index (χ1) is 11.7. The number of rotatable bonds is 2. The molecule has 0 radical (unpaired) electrons. The van der Waals surface area contributed by atoms with E-state index in [4.69, 9.17) is 0 Å². The van der Waals surface area contributed by atoms with E-state index >= 15 is 0 Å². The fourth-order valence-electron chi connectivity index (χ4n) is 2.97. The van der Waals surface area contributed by atoms with Crippen LogP contribution in [0.2, 0.25) is 0 Å². The van der Waals surface area contributed by atoms with E-state index in [-0.39, 0.29) is 5.91 Å². The summed E-state index contributed by atoms with van der Waals surface area (Å²) in [5.41, 5.74) is 5.00. The molecular formula is C21H16N2O. The Kier molecular flexibility index (Phi) is 3.47. The number of carbonyl (C=O) groups excluding carboxylic acids is 1. The number of carbonyl (C=O) groups is 1. The largest absolute Gasteiger partial charge is 0.282 e. The molecule has 3 nitrogen and oxygen atoms in total. The molecule has 1 heterocycles. The van der Waals surface area contributed by atoms with Crippen molar-refractivity contribution >= 4 is 28.7 Å². The highest BCUT2D eigenvalue weighted by Crippen LogP contribution is 2.36. The number of aryl methyl sites for hydroxylation is 1. The molecule has 0 unspecified atom stereocenters. The van der Waals surface area contributed by atoms with Crippen molar-refractivity contribution in [2.75, 3.05) is 4.90 Å². The minimum Gasteiger partial charge on any atom is -0.275 e. The van der Waals surface area contributed by atoms with Gasteiger partial charge in [-0.2, -0.15) is 0 Å². The maximum atomic E-state index is 13.0. The van der Waals surface area contributed by atoms with Gasteiger partial charge in [0.25, 0.3) is 5.91 Å². The fourth-order valence-corrected chi connectivity index (χ4v) is 2.97. The Hall–Kier alpha value is -3.20. The molecule has 0 aromatic heterocycles. The summed E-state index contributed by atoms with van der Waals surface area (Å²) >= 11 is 0. The molecule has 0 spiro atoms. The fraction of sp³-hybridized carbons (Fsp3) is 0.0476. The van der Waals surface area contributed by atoms with Crippen molar-refractivity contribution in [2.24, 2.45) is 4.99 Å². The Bertz CT molecular complexity index is 945. The van der Waals surface area contributed by atoms with E-state index in [9.17, 15) is 4.79 Å². The predicted molar refractivity (Wildman–Crippen MR) is 97.4 cm³/mol. The standard InChI is InChI=1S/C21H16N2O/c1-15-8-7-9-16(14-15)22-20-18-12-5-6-13-19(18)23(21(20)24)17-10-3-2-4-11-17/h2-14H,1H3. The second kappa shape index (κ2) is 5.78. The highest BCUT2D eigenvalue weighted by Gasteiger charge is 2.34. The number of amides is 1. The normalized spacial score (nSPS) is 15.0. The number of para-hydroxylation sites is 2. The first-order valence-electron chi connectivity index (χ1n) is 7.88. The second-order valence-corrected chi connectivity index (χ2v) is 5.79. The van der Waals surface area contributed by atoms with E-state index < -0.39 is 0 Å². The van der Waals surface area contributed by atoms with E-state index in [1.54, 1.807) is 4.90 Å². The first-order valence-corrected chi connectivity index (χ1v) is 7.88. The van der Waals surface area contributed by atoms with Crippen LogP contribution in [0.4, 0.5) is 17.1 Å². The van der Waals surface area contributed by atoms with Crippen molar-refractivity contribution in [2.45, 2.75) is 6.92 Å². The van der Waals surface area contributed by atoms with Crippen molar-refractivity contribution in [1.29, 1.82) is 0 Å². The van der Waals surface area contributed by atoms with Gasteiger partial charge in [-0.25, -0.2) is 4.99 Å². The summed E-state index contributed by atoms with van der Waals surface area (Å²) in [4.78, 5) is 19.4. The Balaban J connectivity index is 1.87. The molecule has 116 valence electrons. The zero-order valence-corrected chi connectivity index (χ0v) is 13.3. The number of benzene rings is 3. The van der Waals surface area contributed by atoms with Gasteiger partial charge in [0.2, 0.25) is 0 Å². The molecule has 3 heteroatoms. The van der Waals surface area contributed by atoms with Crippen LogP contribution in [0.5, 0.6) is 0 Å². The van der Waals surface area contributed by atoms with Gasteiger partial charge < -0.3 is 0 Å². The summed E-state index contributed by atoms with van der Waals surface area (Å²) in [6.45, 7) is 2.02. The van der Waals surface area contributed by atoms with E-state index in [1.807, 2.05) is 85.8 Å². The monoisotopic (exact) mass is 312 g/mol. The molecular weight excluding hydrogens is 296 g/mol. The topological polar surface area (TPSA) is 32.7 Å². The predicted octanol–water partition coefficient (Wildman–Crippen LogP) is 4.79. The lowest BCUT2D eigenvalue weighted by Gasteiger charge is -2.16. The van der Waals surface area contributed by atoms with Crippen LogP contribution in [-0.4, -0.2) is 11.6 Å². The van der Waals surface area contributed by atoms with E-state index in [2.05, 4.69) is 4.99 Å². The molecule has 4 rings (SSSR count). The minimum atomic E-state index is -0.0936. The molecule has 1 aliphatic rings. The van der Waals surface area contributed by atoms with Gasteiger partial charge in [-0.05, 0) is 42.8 Å². The molecule has 3 aromatic rings. The first kappa shape index (κ1) is 14.4. The van der Waals surface area contributed by atoms with Crippen LogP contribution in [0.3, 0.4) is 0 Å². The van der Waals surface area contributed by atoms with Gasteiger partial charge in [-0.15, -0.1) is 0 Å². The smallest absolute Gasteiger partial charge is 0.275 e. The number of aliphatic imine (C=N–C) groups is 1. The third-order valence-electron chi connectivity index (χ3n) is 4.06. The highest BCUT2D eigenvalue weighted by atomic mass is 16.2. The molecule has 0 saturated carbocycles. The van der Waals surface area contributed by atoms with Crippen LogP contribution in [0.25, 0.3) is 0 Å². The molecule has 1 amide bonds. The molecule has 0 N–H and O–H groups in total. The Morgan fingerprint density at radius 3 is 2.38 bits per heavy atom. The van der Waals surface area contributed by atoms with Crippen LogP contribution in [0, 0.1) is 6.92 Å². The lowest BCUT2D eigenvalue weighted by Crippen LogP contribution is -2.25. The molecule has 3 aromatic carbocycles. The van der Waals surface area contributed by atoms with Gasteiger partial charge in [0.1, 0.15) is 5.71 Å². The average molecular weight is 312 g/mol. The quantitative estimate of drug-likeness (QED) is 0.669. The zero-order valence-electron chi connectivity index (χ0n) is 13.3. The second-order valence-electron chi connectivity index (χ2n) is 5.79. The number of anilines is 2. The minimum absolute atomic E-state index is 0.0936. The maximum Gasteiger partial charge on any atom is 0.282 e. The summed E-state index contributed by atoms with van der Waals surface area (Å²) in [5.74, 6) is -0.0936.